The van der Waals surface area contributed by atoms with Crippen LogP contribution in [-0.4, -0.2) is 57.3 Å². The molecule has 0 aliphatic heterocycles. The number of benzene rings is 2. The minimum absolute atomic E-state index is 0.00740. The maximum absolute atomic E-state index is 12.4. The molecule has 0 aliphatic carbocycles. The van der Waals surface area contributed by atoms with Gasteiger partial charge in [0.2, 0.25) is 0 Å². The largest absolute Gasteiger partial charge is 0.507 e. The number of hydrogen-bond acceptors (Lipinski definition) is 8. The molecule has 29 heavy (non-hydrogen) atoms. The first kappa shape index (κ1) is 21.4. The lowest BCUT2D eigenvalue weighted by Gasteiger charge is -2.13. The third-order valence-electron chi connectivity index (χ3n) is 3.87. The number of nitrogens with zero attached hydrogens (tertiary/aromatic N) is 1. The molecule has 0 saturated carbocycles. The van der Waals surface area contributed by atoms with E-state index < -0.39 is 30.3 Å². The monoisotopic (exact) mass is 398 g/mol. The molecule has 0 bridgehead atoms. The number of nitriles is 1. The molecule has 2 rings (SSSR count). The second-order valence-corrected chi connectivity index (χ2v) is 5.96. The average molecular weight is 398 g/mol. The van der Waals surface area contributed by atoms with Gasteiger partial charge in [-0.1, -0.05) is 0 Å². The summed E-state index contributed by atoms with van der Waals surface area (Å²) in [6.07, 6.45) is -1.01. The Morgan fingerprint density at radius 1 is 1.17 bits per heavy atom. The van der Waals surface area contributed by atoms with Crippen LogP contribution in [0, 0.1) is 16.7 Å². The fourth-order valence-corrected chi connectivity index (χ4v) is 2.35. The zero-order valence-electron chi connectivity index (χ0n) is 15.0. The van der Waals surface area contributed by atoms with Crippen molar-refractivity contribution in [3.05, 3.63) is 53.1 Å². The molecular weight excluding hydrogens is 380 g/mol. The molecule has 2 aromatic carbocycles. The van der Waals surface area contributed by atoms with Crippen LogP contribution in [0.25, 0.3) is 0 Å². The first-order valence-electron chi connectivity index (χ1n) is 8.30. The summed E-state index contributed by atoms with van der Waals surface area (Å²) in [5.41, 5.74) is -0.704. The van der Waals surface area contributed by atoms with Crippen molar-refractivity contribution in [3.63, 3.8) is 0 Å². The average Bonchev–Trinajstić information content (AvgIpc) is 2.72. The topological polar surface area (TPSA) is 187 Å². The van der Waals surface area contributed by atoms with Crippen molar-refractivity contribution in [2.24, 2.45) is 0 Å². The number of hydrogen-bond donors (Lipinski definition) is 7. The molecule has 0 aromatic heterocycles. The fraction of sp³-hybridized carbons (Fsp3) is 0.158. The second kappa shape index (κ2) is 9.32. The summed E-state index contributed by atoms with van der Waals surface area (Å²) in [5, 5.41) is 59.4. The smallest absolute Gasteiger partial charge is 0.337 e. The van der Waals surface area contributed by atoms with E-state index in [1.807, 2.05) is 0 Å². The molecule has 0 fully saturated rings. The van der Waals surface area contributed by atoms with Gasteiger partial charge in [0.25, 0.3) is 5.91 Å². The van der Waals surface area contributed by atoms with Crippen LogP contribution in [0.5, 0.6) is 5.75 Å². The van der Waals surface area contributed by atoms with E-state index in [-0.39, 0.29) is 34.7 Å². The van der Waals surface area contributed by atoms with Gasteiger partial charge in [0.05, 0.1) is 35.6 Å². The highest BCUT2D eigenvalue weighted by atomic mass is 16.4. The quantitative estimate of drug-likeness (QED) is 0.250. The highest BCUT2D eigenvalue weighted by molar-refractivity contribution is 6.48. The van der Waals surface area contributed by atoms with Gasteiger partial charge in [-0.05, 0) is 36.4 Å². The lowest BCUT2D eigenvalue weighted by atomic mass is 10.1. The van der Waals surface area contributed by atoms with Crippen LogP contribution in [0.3, 0.4) is 0 Å². The highest BCUT2D eigenvalue weighted by Crippen LogP contribution is 2.23. The summed E-state index contributed by atoms with van der Waals surface area (Å²) in [6.45, 7) is -0.444. The Hall–Kier alpha value is -3.94. The van der Waals surface area contributed by atoms with Gasteiger partial charge in [-0.25, -0.2) is 4.79 Å². The van der Waals surface area contributed by atoms with E-state index in [0.717, 1.165) is 6.07 Å². The molecule has 0 heterocycles. The van der Waals surface area contributed by atoms with Crippen LogP contribution in [0.1, 0.15) is 21.5 Å². The number of amides is 1. The van der Waals surface area contributed by atoms with Crippen molar-refractivity contribution in [2.45, 2.75) is 6.10 Å². The predicted molar refractivity (Wildman–Crippen MR) is 103 cm³/mol. The Bertz CT molecular complexity index is 999. The number of aromatic carboxylic acids is 1. The molecule has 7 N–H and O–H groups in total. The maximum atomic E-state index is 12.4. The molecule has 0 radical (unpaired) electrons. The van der Waals surface area contributed by atoms with Crippen molar-refractivity contribution in [1.29, 1.82) is 10.7 Å². The standard InChI is InChI=1S/C19H18N4O6/c20-7-10-1-3-15(13(5-10)19(28)29)23-18(27)17(21)14-6-11(2-4-16(14)26)22-8-12(25)9-24/h1-6,12,21-22,24-26H,8-9H2,(H,23,27)(H,28,29). The van der Waals surface area contributed by atoms with Crippen molar-refractivity contribution in [3.8, 4) is 11.8 Å². The van der Waals surface area contributed by atoms with Gasteiger partial charge >= 0.3 is 5.97 Å². The number of carboxylic acids is 1. The Morgan fingerprint density at radius 2 is 1.90 bits per heavy atom. The van der Waals surface area contributed by atoms with Gasteiger partial charge in [0, 0.05) is 17.8 Å². The Morgan fingerprint density at radius 3 is 2.52 bits per heavy atom. The molecule has 1 atom stereocenters. The van der Waals surface area contributed by atoms with Gasteiger partial charge in [0.15, 0.2) is 0 Å². The highest BCUT2D eigenvalue weighted by Gasteiger charge is 2.20. The number of rotatable bonds is 8. The third kappa shape index (κ3) is 5.29. The van der Waals surface area contributed by atoms with Crippen LogP contribution < -0.4 is 10.6 Å². The van der Waals surface area contributed by atoms with Crippen molar-refractivity contribution in [2.75, 3.05) is 23.8 Å². The normalized spacial score (nSPS) is 11.2. The first-order chi connectivity index (χ1) is 13.8. The SMILES string of the molecule is N#Cc1ccc(NC(=O)C(=N)c2cc(NCC(O)CO)ccc2O)c(C(=O)O)c1. The van der Waals surface area contributed by atoms with Crippen molar-refractivity contribution >= 4 is 29.0 Å². The van der Waals surface area contributed by atoms with E-state index in [1.165, 1.54) is 30.3 Å². The van der Waals surface area contributed by atoms with Crippen LogP contribution in [0.4, 0.5) is 11.4 Å². The summed E-state index contributed by atoms with van der Waals surface area (Å²) < 4.78 is 0. The van der Waals surface area contributed by atoms with Crippen LogP contribution in [0.2, 0.25) is 0 Å². The molecule has 0 spiro atoms. The zero-order chi connectivity index (χ0) is 21.6. The number of phenols is 1. The van der Waals surface area contributed by atoms with E-state index in [2.05, 4.69) is 10.6 Å². The van der Waals surface area contributed by atoms with Gasteiger partial charge in [0.1, 0.15) is 11.5 Å². The van der Waals surface area contributed by atoms with E-state index in [0.29, 0.717) is 5.69 Å². The number of carboxylic acid groups (broad SMARTS) is 1. The molecule has 2 aromatic rings. The molecule has 0 saturated heterocycles. The summed E-state index contributed by atoms with van der Waals surface area (Å²) >= 11 is 0. The molecule has 10 nitrogen and oxygen atoms in total. The molecule has 150 valence electrons. The molecular formula is C19H18N4O6. The van der Waals surface area contributed by atoms with Crippen molar-refractivity contribution in [1.82, 2.24) is 0 Å². The summed E-state index contributed by atoms with van der Waals surface area (Å²) in [4.78, 5) is 23.8. The number of aromatic hydroxyl groups is 1. The Labute approximate surface area is 165 Å². The summed E-state index contributed by atoms with van der Waals surface area (Å²) in [6, 6.07) is 9.45. The van der Waals surface area contributed by atoms with Crippen LogP contribution in [0.15, 0.2) is 36.4 Å². The number of aliphatic hydroxyl groups excluding tert-OH is 2. The van der Waals surface area contributed by atoms with Gasteiger partial charge in [-0.2, -0.15) is 5.26 Å². The molecule has 1 amide bonds. The van der Waals surface area contributed by atoms with E-state index in [4.69, 9.17) is 15.8 Å². The minimum Gasteiger partial charge on any atom is -0.507 e. The van der Waals surface area contributed by atoms with E-state index >= 15 is 0 Å². The summed E-state index contributed by atoms with van der Waals surface area (Å²) in [5.74, 6) is -2.68. The van der Waals surface area contributed by atoms with Crippen LogP contribution in [-0.2, 0) is 4.79 Å². The minimum atomic E-state index is -1.36. The lowest BCUT2D eigenvalue weighted by Crippen LogP contribution is -2.25. The molecule has 0 aliphatic rings. The molecule has 10 heteroatoms. The lowest BCUT2D eigenvalue weighted by molar-refractivity contribution is -0.110. The summed E-state index contributed by atoms with van der Waals surface area (Å²) in [7, 11) is 0. The second-order valence-electron chi connectivity index (χ2n) is 5.96. The van der Waals surface area contributed by atoms with Crippen molar-refractivity contribution < 1.29 is 30.0 Å². The predicted octanol–water partition coefficient (Wildman–Crippen LogP) is 0.734. The van der Waals surface area contributed by atoms with E-state index in [9.17, 15) is 24.9 Å². The Balaban J connectivity index is 2.24. The van der Waals surface area contributed by atoms with Gasteiger partial charge in [-0.15, -0.1) is 0 Å². The van der Waals surface area contributed by atoms with Crippen LogP contribution >= 0.6 is 0 Å². The zero-order valence-corrected chi connectivity index (χ0v) is 15.0. The number of nitrogens with one attached hydrogen (secondary N) is 3. The number of carbonyl (C=O) groups excluding carboxylic acids is 1. The number of aliphatic hydroxyl groups is 2. The number of phenolic OH excluding ortho intramolecular Hbond substituents is 1. The maximum Gasteiger partial charge on any atom is 0.337 e. The third-order valence-corrected chi connectivity index (χ3v) is 3.87. The fourth-order valence-electron chi connectivity index (χ4n) is 2.35. The Kier molecular flexibility index (Phi) is 6.86. The first-order valence-corrected chi connectivity index (χ1v) is 8.30. The van der Waals surface area contributed by atoms with Gasteiger partial charge < -0.3 is 31.1 Å². The van der Waals surface area contributed by atoms with Gasteiger partial charge in [-0.3, -0.25) is 10.2 Å². The number of carbonyl (C=O) groups is 2. The molecule has 1 unspecified atom stereocenters. The number of anilines is 2. The van der Waals surface area contributed by atoms with E-state index in [1.54, 1.807) is 6.07 Å².